The molecule has 0 fully saturated rings. The lowest BCUT2D eigenvalue weighted by atomic mass is 10.1. The molecule has 21 heavy (non-hydrogen) atoms. The number of aromatic carboxylic acids is 1. The van der Waals surface area contributed by atoms with E-state index in [-0.39, 0.29) is 5.56 Å². The van der Waals surface area contributed by atoms with Crippen LogP contribution in [-0.2, 0) is 6.54 Å². The predicted molar refractivity (Wildman–Crippen MR) is 82.7 cm³/mol. The molecule has 0 saturated heterocycles. The third kappa shape index (κ3) is 3.83. The van der Waals surface area contributed by atoms with Crippen molar-refractivity contribution in [3.63, 3.8) is 0 Å². The first-order valence-electron chi connectivity index (χ1n) is 7.06. The first-order chi connectivity index (χ1) is 9.99. The number of hydrogen-bond acceptors (Lipinski definition) is 4. The second kappa shape index (κ2) is 6.74. The Morgan fingerprint density at radius 1 is 1.19 bits per heavy atom. The molecule has 0 aliphatic carbocycles. The van der Waals surface area contributed by atoms with E-state index in [0.29, 0.717) is 23.3 Å². The molecule has 2 rings (SSSR count). The van der Waals surface area contributed by atoms with E-state index in [0.717, 1.165) is 19.5 Å². The van der Waals surface area contributed by atoms with Crippen LogP contribution in [-0.4, -0.2) is 55.1 Å². The zero-order valence-electron chi connectivity index (χ0n) is 12.8. The lowest BCUT2D eigenvalue weighted by Gasteiger charge is -2.17. The molecule has 0 bridgehead atoms. The highest BCUT2D eigenvalue weighted by Crippen LogP contribution is 2.26. The maximum atomic E-state index is 11.5. The van der Waals surface area contributed by atoms with Gasteiger partial charge in [-0.25, -0.2) is 4.79 Å². The van der Waals surface area contributed by atoms with Crippen molar-refractivity contribution in [1.29, 1.82) is 0 Å². The topological polar surface area (TPSA) is 56.9 Å². The molecule has 0 aliphatic heterocycles. The van der Waals surface area contributed by atoms with Gasteiger partial charge in [-0.05, 0) is 46.7 Å². The average molecular weight is 290 g/mol. The highest BCUT2D eigenvalue weighted by molar-refractivity contribution is 6.03. The van der Waals surface area contributed by atoms with Gasteiger partial charge in [0.25, 0.3) is 0 Å². The maximum absolute atomic E-state index is 11.5. The summed E-state index contributed by atoms with van der Waals surface area (Å²) in [5.74, 6) is -0.410. The van der Waals surface area contributed by atoms with Crippen LogP contribution in [0.2, 0.25) is 0 Å². The second-order valence-electron chi connectivity index (χ2n) is 5.60. The standard InChI is InChI=1S/C16H22N2O3/c1-17(2)9-6-10-18(3)11-14-15(16(19)20)12-7-4-5-8-13(12)21-14/h4-5,7-8H,6,9-11H2,1-3H3,(H,19,20). The van der Waals surface area contributed by atoms with Gasteiger partial charge in [-0.3, -0.25) is 4.90 Å². The summed E-state index contributed by atoms with van der Waals surface area (Å²) in [6.45, 7) is 2.41. The first kappa shape index (κ1) is 15.5. The number of furan rings is 1. The molecule has 0 aliphatic rings. The minimum atomic E-state index is -0.934. The van der Waals surface area contributed by atoms with Crippen LogP contribution in [0.15, 0.2) is 28.7 Å². The number of fused-ring (bicyclic) bond motifs is 1. The van der Waals surface area contributed by atoms with E-state index in [9.17, 15) is 9.90 Å². The smallest absolute Gasteiger partial charge is 0.339 e. The van der Waals surface area contributed by atoms with Gasteiger partial charge in [0.1, 0.15) is 16.9 Å². The van der Waals surface area contributed by atoms with Gasteiger partial charge in [-0.1, -0.05) is 18.2 Å². The van der Waals surface area contributed by atoms with Crippen molar-refractivity contribution in [2.75, 3.05) is 34.2 Å². The van der Waals surface area contributed by atoms with Gasteiger partial charge in [-0.15, -0.1) is 0 Å². The minimum Gasteiger partial charge on any atom is -0.478 e. The van der Waals surface area contributed by atoms with Crippen LogP contribution < -0.4 is 0 Å². The molecule has 0 unspecified atom stereocenters. The second-order valence-corrected chi connectivity index (χ2v) is 5.60. The van der Waals surface area contributed by atoms with Gasteiger partial charge in [0.2, 0.25) is 0 Å². The molecule has 2 aromatic rings. The quantitative estimate of drug-likeness (QED) is 0.849. The van der Waals surface area contributed by atoms with Crippen LogP contribution in [0.3, 0.4) is 0 Å². The summed E-state index contributed by atoms with van der Waals surface area (Å²) in [7, 11) is 6.07. The van der Waals surface area contributed by atoms with Crippen molar-refractivity contribution in [3.05, 3.63) is 35.6 Å². The normalized spacial score (nSPS) is 11.7. The average Bonchev–Trinajstić information content (AvgIpc) is 2.75. The summed E-state index contributed by atoms with van der Waals surface area (Å²) in [6, 6.07) is 7.27. The first-order valence-corrected chi connectivity index (χ1v) is 7.06. The maximum Gasteiger partial charge on any atom is 0.339 e. The summed E-state index contributed by atoms with van der Waals surface area (Å²) in [5, 5.41) is 10.1. The van der Waals surface area contributed by atoms with Gasteiger partial charge in [0, 0.05) is 5.39 Å². The summed E-state index contributed by atoms with van der Waals surface area (Å²) >= 11 is 0. The zero-order chi connectivity index (χ0) is 15.4. The van der Waals surface area contributed by atoms with E-state index in [2.05, 4.69) is 9.80 Å². The molecular formula is C16H22N2O3. The van der Waals surface area contributed by atoms with E-state index in [1.54, 1.807) is 12.1 Å². The van der Waals surface area contributed by atoms with E-state index >= 15 is 0 Å². The predicted octanol–water partition coefficient (Wildman–Crippen LogP) is 2.51. The van der Waals surface area contributed by atoms with Gasteiger partial charge >= 0.3 is 5.97 Å². The number of benzene rings is 1. The third-order valence-electron chi connectivity index (χ3n) is 3.44. The van der Waals surface area contributed by atoms with Crippen LogP contribution in [0.25, 0.3) is 11.0 Å². The largest absolute Gasteiger partial charge is 0.478 e. The molecular weight excluding hydrogens is 268 g/mol. The Balaban J connectivity index is 2.14. The van der Waals surface area contributed by atoms with Crippen molar-refractivity contribution in [2.24, 2.45) is 0 Å². The lowest BCUT2D eigenvalue weighted by molar-refractivity contribution is 0.0695. The molecule has 114 valence electrons. The number of hydrogen-bond donors (Lipinski definition) is 1. The summed E-state index contributed by atoms with van der Waals surface area (Å²) in [4.78, 5) is 15.7. The van der Waals surface area contributed by atoms with Crippen molar-refractivity contribution in [2.45, 2.75) is 13.0 Å². The molecule has 5 heteroatoms. The van der Waals surface area contributed by atoms with E-state index in [1.165, 1.54) is 0 Å². The number of rotatable bonds is 7. The number of carbonyl (C=O) groups is 1. The van der Waals surface area contributed by atoms with Gasteiger partial charge in [-0.2, -0.15) is 0 Å². The fourth-order valence-corrected chi connectivity index (χ4v) is 2.42. The van der Waals surface area contributed by atoms with Crippen molar-refractivity contribution >= 4 is 16.9 Å². The third-order valence-corrected chi connectivity index (χ3v) is 3.44. The highest BCUT2D eigenvalue weighted by atomic mass is 16.4. The van der Waals surface area contributed by atoms with Crippen molar-refractivity contribution in [3.8, 4) is 0 Å². The van der Waals surface area contributed by atoms with Gasteiger partial charge < -0.3 is 14.4 Å². The van der Waals surface area contributed by atoms with E-state index in [4.69, 9.17) is 4.42 Å². The number of nitrogens with zero attached hydrogens (tertiary/aromatic N) is 2. The highest BCUT2D eigenvalue weighted by Gasteiger charge is 2.20. The molecule has 1 aromatic heterocycles. The lowest BCUT2D eigenvalue weighted by Crippen LogP contribution is -2.23. The minimum absolute atomic E-state index is 0.282. The summed E-state index contributed by atoms with van der Waals surface area (Å²) in [6.07, 6.45) is 1.03. The molecule has 0 radical (unpaired) electrons. The fraction of sp³-hybridized carbons (Fsp3) is 0.438. The Bertz CT molecular complexity index is 619. The number of carboxylic acids is 1. The van der Waals surface area contributed by atoms with Crippen LogP contribution >= 0.6 is 0 Å². The Hall–Kier alpha value is -1.85. The molecule has 0 atom stereocenters. The Morgan fingerprint density at radius 3 is 2.57 bits per heavy atom. The number of para-hydroxylation sites is 1. The SMILES string of the molecule is CN(C)CCCN(C)Cc1oc2ccccc2c1C(=O)O. The zero-order valence-corrected chi connectivity index (χ0v) is 12.8. The van der Waals surface area contributed by atoms with Gasteiger partial charge in [0.15, 0.2) is 0 Å². The van der Waals surface area contributed by atoms with E-state index < -0.39 is 5.97 Å². The molecule has 1 aromatic carbocycles. The summed E-state index contributed by atoms with van der Waals surface area (Å²) in [5.41, 5.74) is 0.914. The fourth-order valence-electron chi connectivity index (χ4n) is 2.42. The van der Waals surface area contributed by atoms with Crippen molar-refractivity contribution in [1.82, 2.24) is 9.80 Å². The Morgan fingerprint density at radius 2 is 1.90 bits per heavy atom. The van der Waals surface area contributed by atoms with Crippen LogP contribution in [0.1, 0.15) is 22.5 Å². The van der Waals surface area contributed by atoms with Crippen LogP contribution in [0.5, 0.6) is 0 Å². The number of carboxylic acid groups (broad SMARTS) is 1. The molecule has 0 spiro atoms. The molecule has 1 heterocycles. The molecule has 0 amide bonds. The van der Waals surface area contributed by atoms with Crippen LogP contribution in [0.4, 0.5) is 0 Å². The Kier molecular flexibility index (Phi) is 4.98. The van der Waals surface area contributed by atoms with Crippen molar-refractivity contribution < 1.29 is 14.3 Å². The monoisotopic (exact) mass is 290 g/mol. The Labute approximate surface area is 124 Å². The molecule has 1 N–H and O–H groups in total. The summed E-state index contributed by atoms with van der Waals surface area (Å²) < 4.78 is 5.73. The molecule has 0 saturated carbocycles. The van der Waals surface area contributed by atoms with E-state index in [1.807, 2.05) is 33.3 Å². The van der Waals surface area contributed by atoms with Crippen LogP contribution in [0, 0.1) is 0 Å². The van der Waals surface area contributed by atoms with Gasteiger partial charge in [0.05, 0.1) is 6.54 Å². The molecule has 5 nitrogen and oxygen atoms in total.